The third kappa shape index (κ3) is 4.48. The molecule has 21 heavy (non-hydrogen) atoms. The number of nitrogens with one attached hydrogen (secondary N) is 1. The van der Waals surface area contributed by atoms with Crippen molar-refractivity contribution in [1.29, 1.82) is 0 Å². The second-order valence-electron chi connectivity index (χ2n) is 5.23. The van der Waals surface area contributed by atoms with Gasteiger partial charge in [-0.3, -0.25) is 4.90 Å². The third-order valence-corrected chi connectivity index (χ3v) is 3.63. The van der Waals surface area contributed by atoms with Gasteiger partial charge in [-0.25, -0.2) is 9.59 Å². The fourth-order valence-corrected chi connectivity index (χ4v) is 2.13. The molecule has 0 aromatic heterocycles. The van der Waals surface area contributed by atoms with Crippen molar-refractivity contribution in [3.63, 3.8) is 0 Å². The second-order valence-corrected chi connectivity index (χ2v) is 5.23. The molecule has 2 N–H and O–H groups in total. The van der Waals surface area contributed by atoms with Gasteiger partial charge in [-0.05, 0) is 37.5 Å². The lowest BCUT2D eigenvalue weighted by molar-refractivity contribution is -0.140. The standard InChI is InChI=1S/C16H24N2O3/c1-5-12(4)14(15(19)20)17-16(21)18(6-2)13-9-7-8-11(3)10-13/h7-10,12,14H,5-6H2,1-4H3,(H,17,21)(H,19,20). The molecular weight excluding hydrogens is 268 g/mol. The van der Waals surface area contributed by atoms with Crippen LogP contribution in [0, 0.1) is 12.8 Å². The van der Waals surface area contributed by atoms with Crippen LogP contribution in [-0.4, -0.2) is 29.7 Å². The number of nitrogens with zero attached hydrogens (tertiary/aromatic N) is 1. The summed E-state index contributed by atoms with van der Waals surface area (Å²) in [5.41, 5.74) is 1.82. The predicted molar refractivity (Wildman–Crippen MR) is 83.6 cm³/mol. The van der Waals surface area contributed by atoms with Gasteiger partial charge in [0, 0.05) is 12.2 Å². The summed E-state index contributed by atoms with van der Waals surface area (Å²) >= 11 is 0. The van der Waals surface area contributed by atoms with Gasteiger partial charge in [0.1, 0.15) is 6.04 Å². The zero-order chi connectivity index (χ0) is 16.0. The molecule has 1 aromatic carbocycles. The highest BCUT2D eigenvalue weighted by Crippen LogP contribution is 2.17. The molecule has 0 bridgehead atoms. The normalized spacial score (nSPS) is 13.3. The first-order valence-electron chi connectivity index (χ1n) is 7.28. The Labute approximate surface area is 126 Å². The lowest BCUT2D eigenvalue weighted by Gasteiger charge is -2.26. The van der Waals surface area contributed by atoms with Crippen LogP contribution in [-0.2, 0) is 4.79 Å². The van der Waals surface area contributed by atoms with Crippen molar-refractivity contribution in [3.05, 3.63) is 29.8 Å². The molecule has 0 fully saturated rings. The number of carboxylic acid groups (broad SMARTS) is 1. The van der Waals surface area contributed by atoms with E-state index in [0.717, 1.165) is 11.3 Å². The van der Waals surface area contributed by atoms with Crippen molar-refractivity contribution in [2.75, 3.05) is 11.4 Å². The predicted octanol–water partition coefficient (Wildman–Crippen LogP) is 3.03. The van der Waals surface area contributed by atoms with Gasteiger partial charge in [0.05, 0.1) is 0 Å². The average Bonchev–Trinajstić information content (AvgIpc) is 2.44. The van der Waals surface area contributed by atoms with E-state index in [2.05, 4.69) is 5.32 Å². The number of carbonyl (C=O) groups excluding carboxylic acids is 1. The van der Waals surface area contributed by atoms with Gasteiger partial charge in [-0.1, -0.05) is 32.4 Å². The number of urea groups is 1. The molecule has 0 saturated carbocycles. The summed E-state index contributed by atoms with van der Waals surface area (Å²) in [7, 11) is 0. The van der Waals surface area contributed by atoms with E-state index >= 15 is 0 Å². The van der Waals surface area contributed by atoms with Crippen LogP contribution < -0.4 is 10.2 Å². The Kier molecular flexibility index (Phi) is 6.21. The van der Waals surface area contributed by atoms with Crippen molar-refractivity contribution >= 4 is 17.7 Å². The van der Waals surface area contributed by atoms with Crippen molar-refractivity contribution < 1.29 is 14.7 Å². The molecule has 0 radical (unpaired) electrons. The summed E-state index contributed by atoms with van der Waals surface area (Å²) in [4.78, 5) is 25.2. The lowest BCUT2D eigenvalue weighted by Crippen LogP contribution is -2.50. The Morgan fingerprint density at radius 1 is 1.33 bits per heavy atom. The van der Waals surface area contributed by atoms with Gasteiger partial charge in [0.25, 0.3) is 0 Å². The average molecular weight is 292 g/mol. The Morgan fingerprint density at radius 3 is 2.48 bits per heavy atom. The molecule has 2 amide bonds. The highest BCUT2D eigenvalue weighted by molar-refractivity contribution is 5.94. The number of hydrogen-bond acceptors (Lipinski definition) is 2. The van der Waals surface area contributed by atoms with E-state index in [1.165, 1.54) is 0 Å². The van der Waals surface area contributed by atoms with Gasteiger partial charge in [0.2, 0.25) is 0 Å². The Balaban J connectivity index is 2.91. The molecule has 5 nitrogen and oxygen atoms in total. The topological polar surface area (TPSA) is 69.6 Å². The van der Waals surface area contributed by atoms with E-state index in [1.807, 2.05) is 52.0 Å². The van der Waals surface area contributed by atoms with Crippen molar-refractivity contribution in [2.24, 2.45) is 5.92 Å². The van der Waals surface area contributed by atoms with Gasteiger partial charge in [-0.2, -0.15) is 0 Å². The van der Waals surface area contributed by atoms with Crippen molar-refractivity contribution in [1.82, 2.24) is 5.32 Å². The van der Waals surface area contributed by atoms with E-state index in [1.54, 1.807) is 4.90 Å². The Morgan fingerprint density at radius 2 is 2.00 bits per heavy atom. The lowest BCUT2D eigenvalue weighted by atomic mass is 9.99. The van der Waals surface area contributed by atoms with Crippen LogP contribution in [0.1, 0.15) is 32.8 Å². The van der Waals surface area contributed by atoms with Crippen molar-refractivity contribution in [3.8, 4) is 0 Å². The Hall–Kier alpha value is -2.04. The summed E-state index contributed by atoms with van der Waals surface area (Å²) < 4.78 is 0. The van der Waals surface area contributed by atoms with E-state index in [4.69, 9.17) is 0 Å². The zero-order valence-electron chi connectivity index (χ0n) is 13.1. The molecule has 5 heteroatoms. The molecule has 2 unspecified atom stereocenters. The molecule has 2 atom stereocenters. The molecule has 116 valence electrons. The number of rotatable bonds is 6. The van der Waals surface area contributed by atoms with Gasteiger partial charge in [0.15, 0.2) is 0 Å². The summed E-state index contributed by atoms with van der Waals surface area (Å²) in [6.45, 7) is 8.02. The molecule has 0 aliphatic heterocycles. The molecular formula is C16H24N2O3. The third-order valence-electron chi connectivity index (χ3n) is 3.63. The van der Waals surface area contributed by atoms with Gasteiger partial charge in [-0.15, -0.1) is 0 Å². The monoisotopic (exact) mass is 292 g/mol. The first-order valence-corrected chi connectivity index (χ1v) is 7.28. The van der Waals surface area contributed by atoms with E-state index < -0.39 is 12.0 Å². The molecule has 1 rings (SSSR count). The quantitative estimate of drug-likeness (QED) is 0.846. The van der Waals surface area contributed by atoms with Crippen LogP contribution in [0.3, 0.4) is 0 Å². The maximum Gasteiger partial charge on any atom is 0.326 e. The van der Waals surface area contributed by atoms with Crippen molar-refractivity contribution in [2.45, 2.75) is 40.2 Å². The number of aliphatic carboxylic acids is 1. The first-order chi connectivity index (χ1) is 9.90. The number of carbonyl (C=O) groups is 2. The number of aryl methyl sites for hydroxylation is 1. The van der Waals surface area contributed by atoms with E-state index in [-0.39, 0.29) is 11.9 Å². The fourth-order valence-electron chi connectivity index (χ4n) is 2.13. The van der Waals surface area contributed by atoms with E-state index in [0.29, 0.717) is 13.0 Å². The van der Waals surface area contributed by atoms with Crippen LogP contribution in [0.25, 0.3) is 0 Å². The molecule has 0 spiro atoms. The molecule has 1 aromatic rings. The van der Waals surface area contributed by atoms with Crippen LogP contribution in [0.2, 0.25) is 0 Å². The minimum atomic E-state index is -1.00. The smallest absolute Gasteiger partial charge is 0.326 e. The first kappa shape index (κ1) is 17.0. The number of amides is 2. The zero-order valence-corrected chi connectivity index (χ0v) is 13.1. The minimum Gasteiger partial charge on any atom is -0.480 e. The second kappa shape index (κ2) is 7.67. The molecule has 0 aliphatic carbocycles. The van der Waals surface area contributed by atoms with Crippen LogP contribution in [0.5, 0.6) is 0 Å². The SMILES string of the molecule is CCC(C)C(NC(=O)N(CC)c1cccc(C)c1)C(=O)O. The number of hydrogen-bond donors (Lipinski definition) is 2. The summed E-state index contributed by atoms with van der Waals surface area (Å²) in [6, 6.07) is 6.33. The maximum absolute atomic E-state index is 12.4. The van der Waals surface area contributed by atoms with Gasteiger partial charge >= 0.3 is 12.0 Å². The summed E-state index contributed by atoms with van der Waals surface area (Å²) in [5, 5.41) is 11.9. The number of benzene rings is 1. The highest BCUT2D eigenvalue weighted by atomic mass is 16.4. The minimum absolute atomic E-state index is 0.123. The number of anilines is 1. The van der Waals surface area contributed by atoms with Crippen LogP contribution in [0.4, 0.5) is 10.5 Å². The molecule has 0 heterocycles. The molecule has 0 saturated heterocycles. The van der Waals surface area contributed by atoms with Crippen LogP contribution in [0.15, 0.2) is 24.3 Å². The molecule has 0 aliphatic rings. The largest absolute Gasteiger partial charge is 0.480 e. The Bertz CT molecular complexity index is 502. The number of carboxylic acids is 1. The van der Waals surface area contributed by atoms with E-state index in [9.17, 15) is 14.7 Å². The van der Waals surface area contributed by atoms with Crippen LogP contribution >= 0.6 is 0 Å². The maximum atomic E-state index is 12.4. The summed E-state index contributed by atoms with van der Waals surface area (Å²) in [6.07, 6.45) is 0.688. The fraction of sp³-hybridized carbons (Fsp3) is 0.500. The van der Waals surface area contributed by atoms with Gasteiger partial charge < -0.3 is 10.4 Å². The summed E-state index contributed by atoms with van der Waals surface area (Å²) in [5.74, 6) is -1.12. The highest BCUT2D eigenvalue weighted by Gasteiger charge is 2.27.